The van der Waals surface area contributed by atoms with Gasteiger partial charge in [-0.3, -0.25) is 9.59 Å². The lowest BCUT2D eigenvalue weighted by molar-refractivity contribution is -0.153. The van der Waals surface area contributed by atoms with E-state index in [1.165, 1.54) is 0 Å². The second-order valence-electron chi connectivity index (χ2n) is 7.23. The van der Waals surface area contributed by atoms with Crippen molar-refractivity contribution < 1.29 is 14.7 Å². The van der Waals surface area contributed by atoms with Crippen LogP contribution in [0, 0.1) is 16.7 Å². The molecule has 19 heavy (non-hydrogen) atoms. The minimum Gasteiger partial charge on any atom is -0.481 e. The van der Waals surface area contributed by atoms with Gasteiger partial charge in [0.1, 0.15) is 0 Å². The van der Waals surface area contributed by atoms with Crippen molar-refractivity contribution in [1.82, 2.24) is 5.32 Å². The molecule has 0 aromatic heterocycles. The first kappa shape index (κ1) is 16.0. The van der Waals surface area contributed by atoms with Gasteiger partial charge >= 0.3 is 5.97 Å². The summed E-state index contributed by atoms with van der Waals surface area (Å²) in [5, 5.41) is 12.3. The number of carbonyl (C=O) groups excluding carboxylic acids is 1. The summed E-state index contributed by atoms with van der Waals surface area (Å²) in [5.74, 6) is -1.11. The third kappa shape index (κ3) is 3.95. The first-order valence-electron chi connectivity index (χ1n) is 7.09. The van der Waals surface area contributed by atoms with Crippen LogP contribution in [0.15, 0.2) is 0 Å². The molecule has 1 aliphatic rings. The summed E-state index contributed by atoms with van der Waals surface area (Å²) in [7, 11) is 0. The van der Waals surface area contributed by atoms with Crippen molar-refractivity contribution in [3.63, 3.8) is 0 Å². The SMILES string of the molecule is CC(C)C(C)(CC(=O)NC1CCC(C)(C)C1)C(=O)O. The molecule has 0 radical (unpaired) electrons. The highest BCUT2D eigenvalue weighted by atomic mass is 16.4. The number of aliphatic carboxylic acids is 1. The molecule has 1 amide bonds. The van der Waals surface area contributed by atoms with E-state index in [1.54, 1.807) is 6.92 Å². The van der Waals surface area contributed by atoms with Crippen molar-refractivity contribution in [2.24, 2.45) is 16.7 Å². The van der Waals surface area contributed by atoms with Crippen LogP contribution in [0.2, 0.25) is 0 Å². The Morgan fingerprint density at radius 2 is 2.00 bits per heavy atom. The predicted octanol–water partition coefficient (Wildman–Crippen LogP) is 2.82. The lowest BCUT2D eigenvalue weighted by Crippen LogP contribution is -2.41. The smallest absolute Gasteiger partial charge is 0.310 e. The molecular weight excluding hydrogens is 242 g/mol. The molecule has 2 unspecified atom stereocenters. The minimum absolute atomic E-state index is 0.0525. The molecule has 0 bridgehead atoms. The van der Waals surface area contributed by atoms with Gasteiger partial charge in [-0.1, -0.05) is 27.7 Å². The van der Waals surface area contributed by atoms with E-state index in [1.807, 2.05) is 13.8 Å². The fourth-order valence-electron chi connectivity index (χ4n) is 2.70. The zero-order valence-electron chi connectivity index (χ0n) is 12.7. The number of hydrogen-bond acceptors (Lipinski definition) is 2. The third-order valence-electron chi connectivity index (χ3n) is 4.62. The molecule has 2 atom stereocenters. The molecule has 0 aromatic carbocycles. The maximum atomic E-state index is 12.1. The van der Waals surface area contributed by atoms with Crippen LogP contribution in [0.3, 0.4) is 0 Å². The lowest BCUT2D eigenvalue weighted by atomic mass is 9.76. The molecule has 1 rings (SSSR count). The molecular formula is C15H27NO3. The van der Waals surface area contributed by atoms with E-state index >= 15 is 0 Å². The monoisotopic (exact) mass is 269 g/mol. The highest BCUT2D eigenvalue weighted by molar-refractivity contribution is 5.85. The summed E-state index contributed by atoms with van der Waals surface area (Å²) in [6, 6.07) is 0.202. The van der Waals surface area contributed by atoms with Gasteiger partial charge in [0.15, 0.2) is 0 Å². The van der Waals surface area contributed by atoms with Gasteiger partial charge in [-0.2, -0.15) is 0 Å². The van der Waals surface area contributed by atoms with Crippen LogP contribution < -0.4 is 5.32 Å². The van der Waals surface area contributed by atoms with Gasteiger partial charge in [-0.25, -0.2) is 0 Å². The molecule has 0 spiro atoms. The topological polar surface area (TPSA) is 66.4 Å². The van der Waals surface area contributed by atoms with E-state index < -0.39 is 11.4 Å². The zero-order chi connectivity index (χ0) is 14.8. The summed E-state index contributed by atoms with van der Waals surface area (Å²) < 4.78 is 0. The third-order valence-corrected chi connectivity index (χ3v) is 4.62. The van der Waals surface area contributed by atoms with E-state index in [0.717, 1.165) is 19.3 Å². The molecule has 0 aliphatic heterocycles. The normalized spacial score (nSPS) is 25.1. The van der Waals surface area contributed by atoms with Gasteiger partial charge in [-0.05, 0) is 37.5 Å². The number of nitrogens with one attached hydrogen (secondary N) is 1. The standard InChI is InChI=1S/C15H27NO3/c1-10(2)15(5,13(18)19)9-12(17)16-11-6-7-14(3,4)8-11/h10-11H,6-9H2,1-5H3,(H,16,17)(H,18,19). The Hall–Kier alpha value is -1.06. The van der Waals surface area contributed by atoms with Crippen LogP contribution in [0.1, 0.15) is 60.3 Å². The van der Waals surface area contributed by atoms with Crippen LogP contribution in [-0.4, -0.2) is 23.0 Å². The van der Waals surface area contributed by atoms with Crippen LogP contribution in [0.25, 0.3) is 0 Å². The maximum Gasteiger partial charge on any atom is 0.310 e. The summed E-state index contributed by atoms with van der Waals surface area (Å²) in [6.45, 7) is 9.75. The molecule has 0 saturated heterocycles. The second-order valence-corrected chi connectivity index (χ2v) is 7.23. The van der Waals surface area contributed by atoms with Crippen molar-refractivity contribution in [2.75, 3.05) is 0 Å². The molecule has 1 aliphatic carbocycles. The van der Waals surface area contributed by atoms with E-state index in [4.69, 9.17) is 0 Å². The van der Waals surface area contributed by atoms with Gasteiger partial charge in [0.05, 0.1) is 5.41 Å². The fraction of sp³-hybridized carbons (Fsp3) is 0.867. The number of rotatable bonds is 5. The highest BCUT2D eigenvalue weighted by Crippen LogP contribution is 2.37. The second kappa shape index (κ2) is 5.51. The molecule has 4 heteroatoms. The van der Waals surface area contributed by atoms with Gasteiger partial charge in [0, 0.05) is 12.5 Å². The number of amides is 1. The molecule has 110 valence electrons. The summed E-state index contributed by atoms with van der Waals surface area (Å²) in [5.41, 5.74) is -0.704. The molecule has 1 fully saturated rings. The number of carboxylic acid groups (broad SMARTS) is 1. The quantitative estimate of drug-likeness (QED) is 0.806. The molecule has 2 N–H and O–H groups in total. The average Bonchev–Trinajstić information content (AvgIpc) is 2.56. The average molecular weight is 269 g/mol. The Morgan fingerprint density at radius 1 is 1.42 bits per heavy atom. The largest absolute Gasteiger partial charge is 0.481 e. The predicted molar refractivity (Wildman–Crippen MR) is 74.8 cm³/mol. The van der Waals surface area contributed by atoms with Gasteiger partial charge in [-0.15, -0.1) is 0 Å². The zero-order valence-corrected chi connectivity index (χ0v) is 12.7. The van der Waals surface area contributed by atoms with Crippen LogP contribution in [0.5, 0.6) is 0 Å². The summed E-state index contributed by atoms with van der Waals surface area (Å²) >= 11 is 0. The summed E-state index contributed by atoms with van der Waals surface area (Å²) in [4.78, 5) is 23.4. The molecule has 0 heterocycles. The molecule has 4 nitrogen and oxygen atoms in total. The van der Waals surface area contributed by atoms with E-state index in [9.17, 15) is 14.7 Å². The van der Waals surface area contributed by atoms with Crippen LogP contribution >= 0.6 is 0 Å². The maximum absolute atomic E-state index is 12.1. The first-order chi connectivity index (χ1) is 8.57. The molecule has 0 aromatic rings. The number of carbonyl (C=O) groups is 2. The van der Waals surface area contributed by atoms with Crippen molar-refractivity contribution >= 4 is 11.9 Å². The number of carboxylic acids is 1. The number of hydrogen-bond donors (Lipinski definition) is 2. The van der Waals surface area contributed by atoms with Gasteiger partial charge in [0.2, 0.25) is 5.91 Å². The fourth-order valence-corrected chi connectivity index (χ4v) is 2.70. The summed E-state index contributed by atoms with van der Waals surface area (Å²) in [6.07, 6.45) is 3.13. The van der Waals surface area contributed by atoms with Crippen molar-refractivity contribution in [2.45, 2.75) is 66.3 Å². The van der Waals surface area contributed by atoms with Crippen molar-refractivity contribution in [3.8, 4) is 0 Å². The minimum atomic E-state index is -0.988. The Kier molecular flexibility index (Phi) is 4.64. The van der Waals surface area contributed by atoms with E-state index in [0.29, 0.717) is 0 Å². The Balaban J connectivity index is 2.58. The van der Waals surface area contributed by atoms with Gasteiger partial charge in [0.25, 0.3) is 0 Å². The first-order valence-corrected chi connectivity index (χ1v) is 7.09. The van der Waals surface area contributed by atoms with Crippen LogP contribution in [-0.2, 0) is 9.59 Å². The van der Waals surface area contributed by atoms with Gasteiger partial charge < -0.3 is 10.4 Å². The Bertz CT molecular complexity index is 362. The lowest BCUT2D eigenvalue weighted by Gasteiger charge is -2.29. The van der Waals surface area contributed by atoms with E-state index in [-0.39, 0.29) is 29.7 Å². The molecule has 1 saturated carbocycles. The van der Waals surface area contributed by atoms with Crippen molar-refractivity contribution in [3.05, 3.63) is 0 Å². The Labute approximate surface area is 116 Å². The van der Waals surface area contributed by atoms with E-state index in [2.05, 4.69) is 19.2 Å². The Morgan fingerprint density at radius 3 is 2.37 bits per heavy atom. The highest BCUT2D eigenvalue weighted by Gasteiger charge is 2.40. The van der Waals surface area contributed by atoms with Crippen LogP contribution in [0.4, 0.5) is 0 Å². The van der Waals surface area contributed by atoms with Crippen molar-refractivity contribution in [1.29, 1.82) is 0 Å².